The molecule has 194 valence electrons. The smallest absolute Gasteiger partial charge is 0.248 e. The molecule has 0 atom stereocenters. The Balaban J connectivity index is 1.26. The highest BCUT2D eigenvalue weighted by Crippen LogP contribution is 2.27. The van der Waals surface area contributed by atoms with E-state index < -0.39 is 0 Å². The quantitative estimate of drug-likeness (QED) is 0.348. The number of benzene rings is 2. The Hall–Kier alpha value is -4.46. The molecule has 1 aliphatic heterocycles. The number of piperazine rings is 1. The van der Waals surface area contributed by atoms with Gasteiger partial charge in [-0.3, -0.25) is 4.79 Å². The summed E-state index contributed by atoms with van der Waals surface area (Å²) in [5.74, 6) is 2.29. The minimum absolute atomic E-state index is 0.0573. The summed E-state index contributed by atoms with van der Waals surface area (Å²) in [5.41, 5.74) is 3.61. The van der Waals surface area contributed by atoms with Gasteiger partial charge < -0.3 is 19.9 Å². The van der Waals surface area contributed by atoms with Crippen molar-refractivity contribution in [2.24, 2.45) is 0 Å². The van der Waals surface area contributed by atoms with E-state index in [9.17, 15) is 4.79 Å². The SMILES string of the molecule is Cc1cc(N2CCN(c3ncccn3)CC2)nc2ccc(NC(=O)C=Cc3ccccc3OC(C)C)cc12. The van der Waals surface area contributed by atoms with Gasteiger partial charge in [0.05, 0.1) is 11.6 Å². The Morgan fingerprint density at radius 2 is 1.71 bits per heavy atom. The van der Waals surface area contributed by atoms with Crippen molar-refractivity contribution in [1.29, 1.82) is 0 Å². The Bertz CT molecular complexity index is 1450. The number of para-hydroxylation sites is 1. The summed E-state index contributed by atoms with van der Waals surface area (Å²) in [6.45, 7) is 9.43. The standard InChI is InChI=1S/C30H32N6O2/c1-21(2)38-27-8-5-4-7-23(27)9-12-29(37)33-24-10-11-26-25(20-24)22(3)19-28(34-26)35-15-17-36(18-16-35)30-31-13-6-14-32-30/h4-14,19-21H,15-18H2,1-3H3,(H,33,37). The lowest BCUT2D eigenvalue weighted by Gasteiger charge is -2.35. The number of nitrogens with zero attached hydrogens (tertiary/aromatic N) is 5. The molecule has 0 spiro atoms. The summed E-state index contributed by atoms with van der Waals surface area (Å²) in [6.07, 6.45) is 6.91. The van der Waals surface area contributed by atoms with Crippen molar-refractivity contribution in [3.8, 4) is 5.75 Å². The molecule has 38 heavy (non-hydrogen) atoms. The van der Waals surface area contributed by atoms with Crippen LogP contribution in [-0.4, -0.2) is 53.1 Å². The second-order valence-corrected chi connectivity index (χ2v) is 9.58. The number of rotatable bonds is 7. The fourth-order valence-corrected chi connectivity index (χ4v) is 4.54. The number of carbonyl (C=O) groups excluding carboxylic acids is 1. The summed E-state index contributed by atoms with van der Waals surface area (Å²) < 4.78 is 5.83. The minimum Gasteiger partial charge on any atom is -0.490 e. The maximum absolute atomic E-state index is 12.7. The molecule has 1 N–H and O–H groups in total. The van der Waals surface area contributed by atoms with Crippen molar-refractivity contribution in [2.45, 2.75) is 26.9 Å². The lowest BCUT2D eigenvalue weighted by molar-refractivity contribution is -0.111. The third-order valence-corrected chi connectivity index (χ3v) is 6.40. The van der Waals surface area contributed by atoms with Gasteiger partial charge in [0.1, 0.15) is 11.6 Å². The fraction of sp³-hybridized carbons (Fsp3) is 0.267. The van der Waals surface area contributed by atoms with Crippen molar-refractivity contribution >= 4 is 40.3 Å². The minimum atomic E-state index is -0.203. The van der Waals surface area contributed by atoms with Gasteiger partial charge in [-0.15, -0.1) is 0 Å². The van der Waals surface area contributed by atoms with E-state index in [-0.39, 0.29) is 12.0 Å². The van der Waals surface area contributed by atoms with E-state index in [2.05, 4.69) is 38.1 Å². The molecule has 8 heteroatoms. The second kappa shape index (κ2) is 11.3. The molecule has 1 aliphatic rings. The zero-order valence-electron chi connectivity index (χ0n) is 22.0. The van der Waals surface area contributed by atoms with Crippen molar-refractivity contribution in [2.75, 3.05) is 41.3 Å². The van der Waals surface area contributed by atoms with Crippen LogP contribution in [0.15, 0.2) is 73.1 Å². The molecular formula is C30H32N6O2. The molecule has 1 saturated heterocycles. The van der Waals surface area contributed by atoms with Crippen LogP contribution in [0.3, 0.4) is 0 Å². The highest BCUT2D eigenvalue weighted by molar-refractivity contribution is 6.03. The van der Waals surface area contributed by atoms with Gasteiger partial charge in [-0.05, 0) is 68.8 Å². The lowest BCUT2D eigenvalue weighted by atomic mass is 10.1. The first-order valence-corrected chi connectivity index (χ1v) is 12.9. The molecule has 2 aromatic heterocycles. The topological polar surface area (TPSA) is 83.5 Å². The average Bonchev–Trinajstić information content (AvgIpc) is 2.93. The van der Waals surface area contributed by atoms with Crippen LogP contribution in [0, 0.1) is 6.92 Å². The predicted molar refractivity (Wildman–Crippen MR) is 153 cm³/mol. The van der Waals surface area contributed by atoms with Gasteiger partial charge in [0.15, 0.2) is 0 Å². The Labute approximate surface area is 223 Å². The number of fused-ring (bicyclic) bond motifs is 1. The van der Waals surface area contributed by atoms with E-state index in [4.69, 9.17) is 9.72 Å². The third kappa shape index (κ3) is 5.91. The monoisotopic (exact) mass is 508 g/mol. The van der Waals surface area contributed by atoms with Crippen molar-refractivity contribution in [3.63, 3.8) is 0 Å². The average molecular weight is 509 g/mol. The normalized spacial score (nSPS) is 13.9. The molecular weight excluding hydrogens is 476 g/mol. The number of hydrogen-bond acceptors (Lipinski definition) is 7. The van der Waals surface area contributed by atoms with Gasteiger partial charge in [0.25, 0.3) is 0 Å². The maximum Gasteiger partial charge on any atom is 0.248 e. The molecule has 5 rings (SSSR count). The molecule has 0 radical (unpaired) electrons. The van der Waals surface area contributed by atoms with Crippen LogP contribution in [0.25, 0.3) is 17.0 Å². The summed E-state index contributed by atoms with van der Waals surface area (Å²) in [5, 5.41) is 3.98. The van der Waals surface area contributed by atoms with Gasteiger partial charge in [0, 0.05) is 61.3 Å². The van der Waals surface area contributed by atoms with Gasteiger partial charge in [-0.1, -0.05) is 18.2 Å². The first-order chi connectivity index (χ1) is 18.5. The number of ether oxygens (including phenoxy) is 1. The van der Waals surface area contributed by atoms with Gasteiger partial charge in [-0.25, -0.2) is 15.0 Å². The van der Waals surface area contributed by atoms with Crippen molar-refractivity contribution in [3.05, 3.63) is 84.2 Å². The first-order valence-electron chi connectivity index (χ1n) is 12.9. The van der Waals surface area contributed by atoms with E-state index in [1.807, 2.05) is 62.4 Å². The summed E-state index contributed by atoms with van der Waals surface area (Å²) in [7, 11) is 0. The largest absolute Gasteiger partial charge is 0.490 e. The van der Waals surface area contributed by atoms with Crippen molar-refractivity contribution in [1.82, 2.24) is 15.0 Å². The Morgan fingerprint density at radius 1 is 0.974 bits per heavy atom. The van der Waals surface area contributed by atoms with E-state index in [0.29, 0.717) is 0 Å². The number of aryl methyl sites for hydroxylation is 1. The number of carbonyl (C=O) groups is 1. The number of nitrogens with one attached hydrogen (secondary N) is 1. The molecule has 1 amide bonds. The summed E-state index contributed by atoms with van der Waals surface area (Å²) in [6, 6.07) is 17.5. The molecule has 4 aromatic rings. The van der Waals surface area contributed by atoms with Crippen LogP contribution in [-0.2, 0) is 4.79 Å². The van der Waals surface area contributed by atoms with Crippen LogP contribution in [0.4, 0.5) is 17.5 Å². The molecule has 0 bridgehead atoms. The zero-order chi connectivity index (χ0) is 26.5. The van der Waals surface area contributed by atoms with Crippen LogP contribution >= 0.6 is 0 Å². The van der Waals surface area contributed by atoms with E-state index in [1.165, 1.54) is 6.08 Å². The Morgan fingerprint density at radius 3 is 2.47 bits per heavy atom. The molecule has 1 fully saturated rings. The van der Waals surface area contributed by atoms with E-state index in [1.54, 1.807) is 18.5 Å². The van der Waals surface area contributed by atoms with Crippen molar-refractivity contribution < 1.29 is 9.53 Å². The molecule has 2 aromatic carbocycles. The second-order valence-electron chi connectivity index (χ2n) is 9.58. The summed E-state index contributed by atoms with van der Waals surface area (Å²) >= 11 is 0. The zero-order valence-corrected chi connectivity index (χ0v) is 22.0. The third-order valence-electron chi connectivity index (χ3n) is 6.40. The number of hydrogen-bond donors (Lipinski definition) is 1. The number of aromatic nitrogens is 3. The number of anilines is 3. The fourth-order valence-electron chi connectivity index (χ4n) is 4.54. The molecule has 0 saturated carbocycles. The van der Waals surface area contributed by atoms with Gasteiger partial charge in [0.2, 0.25) is 11.9 Å². The van der Waals surface area contributed by atoms with Gasteiger partial charge in [-0.2, -0.15) is 0 Å². The maximum atomic E-state index is 12.7. The molecule has 3 heterocycles. The van der Waals surface area contributed by atoms with Crippen LogP contribution in [0.5, 0.6) is 5.75 Å². The summed E-state index contributed by atoms with van der Waals surface area (Å²) in [4.78, 5) is 30.8. The van der Waals surface area contributed by atoms with Crippen LogP contribution in [0.2, 0.25) is 0 Å². The van der Waals surface area contributed by atoms with Gasteiger partial charge >= 0.3 is 0 Å². The highest BCUT2D eigenvalue weighted by Gasteiger charge is 2.20. The van der Waals surface area contributed by atoms with Crippen LogP contribution < -0.4 is 19.9 Å². The number of amides is 1. The molecule has 8 nitrogen and oxygen atoms in total. The van der Waals surface area contributed by atoms with Crippen LogP contribution in [0.1, 0.15) is 25.0 Å². The van der Waals surface area contributed by atoms with E-state index in [0.717, 1.165) is 71.4 Å². The molecule has 0 aliphatic carbocycles. The lowest BCUT2D eigenvalue weighted by Crippen LogP contribution is -2.47. The highest BCUT2D eigenvalue weighted by atomic mass is 16.5. The first kappa shape index (κ1) is 25.2. The Kier molecular flexibility index (Phi) is 7.49. The number of pyridine rings is 1. The van der Waals surface area contributed by atoms with E-state index >= 15 is 0 Å². The predicted octanol–water partition coefficient (Wildman–Crippen LogP) is 5.10. The molecule has 0 unspecified atom stereocenters.